The highest BCUT2D eigenvalue weighted by atomic mass is 79.9. The topological polar surface area (TPSA) is 57.6 Å². The van der Waals surface area contributed by atoms with Gasteiger partial charge in [0.2, 0.25) is 0 Å². The van der Waals surface area contributed by atoms with E-state index in [9.17, 15) is 14.0 Å². The second kappa shape index (κ2) is 5.50. The number of carbonyl (C=O) groups is 2. The molecule has 1 heterocycles. The van der Waals surface area contributed by atoms with Gasteiger partial charge in [0, 0.05) is 10.2 Å². The van der Waals surface area contributed by atoms with Crippen molar-refractivity contribution in [2.24, 2.45) is 0 Å². The summed E-state index contributed by atoms with van der Waals surface area (Å²) in [5, 5.41) is 8.82. The number of aliphatic carboxylic acids is 1. The smallest absolute Gasteiger partial charge is 0.327 e. The third kappa shape index (κ3) is 2.76. The fourth-order valence-corrected chi connectivity index (χ4v) is 3.44. The number of hydrogen-bond acceptors (Lipinski definition) is 3. The lowest BCUT2D eigenvalue weighted by molar-refractivity contribution is -0.141. The lowest BCUT2D eigenvalue weighted by Crippen LogP contribution is -2.45. The molecule has 2 atom stereocenters. The van der Waals surface area contributed by atoms with Crippen LogP contribution in [-0.4, -0.2) is 39.1 Å². The van der Waals surface area contributed by atoms with Crippen LogP contribution in [0.1, 0.15) is 17.3 Å². The number of carboxylic acid groups (broad SMARTS) is 1. The molecular weight excluding hydrogens is 337 g/mol. The van der Waals surface area contributed by atoms with Crippen molar-refractivity contribution in [1.82, 2.24) is 4.90 Å². The third-order valence-corrected chi connectivity index (χ3v) is 4.61. The van der Waals surface area contributed by atoms with Gasteiger partial charge in [0.05, 0.1) is 10.9 Å². The van der Waals surface area contributed by atoms with Gasteiger partial charge < -0.3 is 10.0 Å². The lowest BCUT2D eigenvalue weighted by Gasteiger charge is -2.25. The first-order valence-electron chi connectivity index (χ1n) is 5.54. The number of halogens is 2. The summed E-state index contributed by atoms with van der Waals surface area (Å²) in [5.74, 6) is -1.99. The first-order chi connectivity index (χ1) is 8.91. The van der Waals surface area contributed by atoms with Crippen LogP contribution in [0.15, 0.2) is 22.7 Å². The van der Waals surface area contributed by atoms with Gasteiger partial charge in [0.15, 0.2) is 0 Å². The zero-order chi connectivity index (χ0) is 14.2. The standard InChI is InChI=1S/C12H11BrFNO3S/c1-6-15(10(5-19-6)12(17)18)11(16)8-3-2-7(13)4-9(8)14/h2-4,6,10H,5H2,1H3,(H,17,18). The molecule has 1 N–H and O–H groups in total. The Morgan fingerprint density at radius 1 is 1.53 bits per heavy atom. The van der Waals surface area contributed by atoms with Crippen molar-refractivity contribution in [2.45, 2.75) is 18.3 Å². The maximum absolute atomic E-state index is 13.8. The SMILES string of the molecule is CC1SCC(C(=O)O)N1C(=O)c1ccc(Br)cc1F. The van der Waals surface area contributed by atoms with Crippen molar-refractivity contribution in [3.05, 3.63) is 34.1 Å². The number of nitrogens with zero attached hydrogens (tertiary/aromatic N) is 1. The molecule has 4 nitrogen and oxygen atoms in total. The Morgan fingerprint density at radius 2 is 2.21 bits per heavy atom. The van der Waals surface area contributed by atoms with Gasteiger partial charge in [-0.1, -0.05) is 15.9 Å². The summed E-state index contributed by atoms with van der Waals surface area (Å²) in [7, 11) is 0. The molecule has 1 fully saturated rings. The van der Waals surface area contributed by atoms with Crippen LogP contribution in [0.25, 0.3) is 0 Å². The Bertz CT molecular complexity index is 540. The van der Waals surface area contributed by atoms with Gasteiger partial charge in [-0.15, -0.1) is 11.8 Å². The van der Waals surface area contributed by atoms with Crippen molar-refractivity contribution < 1.29 is 19.1 Å². The van der Waals surface area contributed by atoms with Crippen molar-refractivity contribution in [1.29, 1.82) is 0 Å². The molecule has 1 aromatic rings. The average Bonchev–Trinajstić information content (AvgIpc) is 2.70. The van der Waals surface area contributed by atoms with Crippen LogP contribution in [0.2, 0.25) is 0 Å². The van der Waals surface area contributed by atoms with E-state index in [0.29, 0.717) is 10.2 Å². The third-order valence-electron chi connectivity index (χ3n) is 2.90. The second-order valence-electron chi connectivity index (χ2n) is 4.12. The summed E-state index contributed by atoms with van der Waals surface area (Å²) < 4.78 is 14.3. The minimum atomic E-state index is -1.07. The van der Waals surface area contributed by atoms with Gasteiger partial charge in [-0.2, -0.15) is 0 Å². The van der Waals surface area contributed by atoms with Crippen LogP contribution in [-0.2, 0) is 4.79 Å². The number of carbonyl (C=O) groups excluding carboxylic acids is 1. The van der Waals surface area contributed by atoms with Crippen LogP contribution in [0.3, 0.4) is 0 Å². The normalized spacial score (nSPS) is 22.6. The molecule has 102 valence electrons. The fraction of sp³-hybridized carbons (Fsp3) is 0.333. The van der Waals surface area contributed by atoms with Gasteiger partial charge >= 0.3 is 5.97 Å². The van der Waals surface area contributed by atoms with E-state index in [2.05, 4.69) is 15.9 Å². The molecule has 2 unspecified atom stereocenters. The van der Waals surface area contributed by atoms with E-state index in [1.54, 1.807) is 13.0 Å². The highest BCUT2D eigenvalue weighted by Crippen LogP contribution is 2.31. The van der Waals surface area contributed by atoms with Gasteiger partial charge in [0.25, 0.3) is 5.91 Å². The Hall–Kier alpha value is -1.08. The molecule has 1 amide bonds. The summed E-state index contributed by atoms with van der Waals surface area (Å²) >= 11 is 4.48. The molecule has 1 aliphatic rings. The predicted molar refractivity (Wildman–Crippen MR) is 73.6 cm³/mol. The van der Waals surface area contributed by atoms with E-state index in [1.165, 1.54) is 28.8 Å². The summed E-state index contributed by atoms with van der Waals surface area (Å²) in [5.41, 5.74) is -0.108. The lowest BCUT2D eigenvalue weighted by atomic mass is 10.1. The van der Waals surface area contributed by atoms with Gasteiger partial charge in [-0.05, 0) is 25.1 Å². The average molecular weight is 348 g/mol. The van der Waals surface area contributed by atoms with Gasteiger partial charge in [-0.3, -0.25) is 4.79 Å². The Balaban J connectivity index is 2.34. The maximum Gasteiger partial charge on any atom is 0.327 e. The molecule has 0 bridgehead atoms. The fourth-order valence-electron chi connectivity index (χ4n) is 1.94. The van der Waals surface area contributed by atoms with E-state index in [0.717, 1.165) is 0 Å². The monoisotopic (exact) mass is 347 g/mol. The number of rotatable bonds is 2. The van der Waals surface area contributed by atoms with Gasteiger partial charge in [-0.25, -0.2) is 9.18 Å². The van der Waals surface area contributed by atoms with E-state index < -0.39 is 23.7 Å². The van der Waals surface area contributed by atoms with Crippen molar-refractivity contribution in [3.63, 3.8) is 0 Å². The molecule has 2 rings (SSSR count). The highest BCUT2D eigenvalue weighted by Gasteiger charge is 2.40. The van der Waals surface area contributed by atoms with Gasteiger partial charge in [0.1, 0.15) is 11.9 Å². The second-order valence-corrected chi connectivity index (χ2v) is 6.39. The predicted octanol–water partition coefficient (Wildman–Crippen LogP) is 2.58. The van der Waals surface area contributed by atoms with Crippen molar-refractivity contribution in [3.8, 4) is 0 Å². The van der Waals surface area contributed by atoms with Crippen molar-refractivity contribution in [2.75, 3.05) is 5.75 Å². The molecular formula is C12H11BrFNO3S. The van der Waals surface area contributed by atoms with Crippen molar-refractivity contribution >= 4 is 39.6 Å². The van der Waals surface area contributed by atoms with Crippen LogP contribution in [0.4, 0.5) is 4.39 Å². The van der Waals surface area contributed by atoms with Crippen LogP contribution in [0, 0.1) is 5.82 Å². The summed E-state index contributed by atoms with van der Waals surface area (Å²) in [6, 6.07) is 3.20. The Kier molecular flexibility index (Phi) is 4.15. The molecule has 0 radical (unpaired) electrons. The minimum absolute atomic E-state index is 0.108. The molecule has 0 aromatic heterocycles. The summed E-state index contributed by atoms with van der Waals surface area (Å²) in [6.45, 7) is 1.74. The molecule has 19 heavy (non-hydrogen) atoms. The highest BCUT2D eigenvalue weighted by molar-refractivity contribution is 9.10. The molecule has 0 spiro atoms. The van der Waals surface area contributed by atoms with E-state index in [1.807, 2.05) is 0 Å². The Morgan fingerprint density at radius 3 is 2.79 bits per heavy atom. The molecule has 0 aliphatic carbocycles. The number of carboxylic acids is 1. The quantitative estimate of drug-likeness (QED) is 0.893. The largest absolute Gasteiger partial charge is 0.480 e. The van der Waals surface area contributed by atoms with E-state index >= 15 is 0 Å². The number of hydrogen-bond donors (Lipinski definition) is 1. The zero-order valence-electron chi connectivity index (χ0n) is 9.97. The molecule has 1 saturated heterocycles. The molecule has 1 aromatic carbocycles. The van der Waals surface area contributed by atoms with Crippen LogP contribution >= 0.6 is 27.7 Å². The molecule has 7 heteroatoms. The number of thioether (sulfide) groups is 1. The number of benzene rings is 1. The maximum atomic E-state index is 13.8. The van der Waals surface area contributed by atoms with Crippen LogP contribution in [0.5, 0.6) is 0 Å². The Labute approximate surface area is 122 Å². The van der Waals surface area contributed by atoms with E-state index in [-0.39, 0.29) is 10.9 Å². The summed E-state index contributed by atoms with van der Waals surface area (Å²) in [6.07, 6.45) is 0. The first kappa shape index (κ1) is 14.3. The first-order valence-corrected chi connectivity index (χ1v) is 7.38. The van der Waals surface area contributed by atoms with E-state index in [4.69, 9.17) is 5.11 Å². The summed E-state index contributed by atoms with van der Waals surface area (Å²) in [4.78, 5) is 24.6. The van der Waals surface area contributed by atoms with Crippen LogP contribution < -0.4 is 0 Å². The zero-order valence-corrected chi connectivity index (χ0v) is 12.4. The molecule has 1 aliphatic heterocycles. The molecule has 0 saturated carbocycles. The minimum Gasteiger partial charge on any atom is -0.480 e. The number of amides is 1.